The zero-order valence-electron chi connectivity index (χ0n) is 33.5. The molecule has 0 N–H and O–H groups in total. The van der Waals surface area contributed by atoms with Crippen molar-refractivity contribution in [2.75, 3.05) is 4.90 Å². The summed E-state index contributed by atoms with van der Waals surface area (Å²) in [5.41, 5.74) is 12.2. The third-order valence-corrected chi connectivity index (χ3v) is 13.8. The number of anilines is 3. The number of fused-ring (bicyclic) bond motifs is 11. The molecule has 0 bridgehead atoms. The minimum atomic E-state index is 0.867. The quantitative estimate of drug-likeness (QED) is 0.167. The molecule has 0 aliphatic rings. The second-order valence-electron chi connectivity index (χ2n) is 16.1. The normalized spacial score (nSPS) is 11.9. The predicted octanol–water partition coefficient (Wildman–Crippen LogP) is 17.0. The van der Waals surface area contributed by atoms with E-state index in [-0.39, 0.29) is 0 Å². The van der Waals surface area contributed by atoms with Gasteiger partial charge < -0.3 is 13.9 Å². The number of nitrogens with zero attached hydrogens (tertiary/aromatic N) is 2. The van der Waals surface area contributed by atoms with Crippen molar-refractivity contribution in [3.05, 3.63) is 218 Å². The van der Waals surface area contributed by atoms with Gasteiger partial charge in [0.1, 0.15) is 16.0 Å². The Morgan fingerprint density at radius 3 is 1.89 bits per heavy atom. The lowest BCUT2D eigenvalue weighted by molar-refractivity contribution is 0.672. The van der Waals surface area contributed by atoms with Gasteiger partial charge in [0.2, 0.25) is 0 Å². The molecule has 10 aromatic carbocycles. The maximum atomic E-state index is 6.71. The Balaban J connectivity index is 0.970. The summed E-state index contributed by atoms with van der Waals surface area (Å²) in [6.07, 6.45) is 0. The molecule has 0 radical (unpaired) electrons. The molecule has 4 heteroatoms. The summed E-state index contributed by atoms with van der Waals surface area (Å²) in [6, 6.07) is 79.0. The maximum Gasteiger partial charge on any atom is 0.143 e. The number of para-hydroxylation sites is 2. The van der Waals surface area contributed by atoms with Gasteiger partial charge in [0, 0.05) is 48.7 Å². The van der Waals surface area contributed by atoms with Gasteiger partial charge in [0.25, 0.3) is 0 Å². The molecule has 0 aliphatic carbocycles. The van der Waals surface area contributed by atoms with Crippen LogP contribution in [0.4, 0.5) is 17.1 Å². The largest absolute Gasteiger partial charge is 0.455 e. The van der Waals surface area contributed by atoms with Crippen LogP contribution in [0.1, 0.15) is 0 Å². The number of rotatable bonds is 6. The molecule has 0 fully saturated rings. The summed E-state index contributed by atoms with van der Waals surface area (Å²) in [5, 5.41) is 10.8. The van der Waals surface area contributed by atoms with Gasteiger partial charge in [-0.25, -0.2) is 0 Å². The zero-order chi connectivity index (χ0) is 40.7. The molecule has 290 valence electrons. The molecular formula is C58H36N2OS. The molecule has 0 saturated carbocycles. The van der Waals surface area contributed by atoms with Gasteiger partial charge in [0.05, 0.1) is 16.6 Å². The molecule has 0 aliphatic heterocycles. The third-order valence-electron chi connectivity index (χ3n) is 12.6. The van der Waals surface area contributed by atoms with Gasteiger partial charge in [-0.15, -0.1) is 11.3 Å². The highest BCUT2D eigenvalue weighted by Crippen LogP contribution is 2.48. The second-order valence-corrected chi connectivity index (χ2v) is 17.1. The summed E-state index contributed by atoms with van der Waals surface area (Å²) in [5.74, 6) is 0. The first-order valence-corrected chi connectivity index (χ1v) is 21.9. The minimum Gasteiger partial charge on any atom is -0.455 e. The van der Waals surface area contributed by atoms with Crippen LogP contribution in [0, 0.1) is 0 Å². The van der Waals surface area contributed by atoms with Crippen LogP contribution in [0.2, 0.25) is 0 Å². The predicted molar refractivity (Wildman–Crippen MR) is 264 cm³/mol. The molecule has 13 aromatic rings. The van der Waals surface area contributed by atoms with Crippen LogP contribution in [0.15, 0.2) is 223 Å². The fourth-order valence-corrected chi connectivity index (χ4v) is 11.1. The fraction of sp³-hybridized carbons (Fsp3) is 0. The van der Waals surface area contributed by atoms with Crippen LogP contribution >= 0.6 is 11.3 Å². The SMILES string of the molecule is c1ccc(-n2c3ccccc3c3c4cccc(-c5ccc(N(c6ccc(-c7ccc8ccccc8c7)cc6)c6cccc7oc8c9ccccc9ccc8c67)cc5)c4sc32)cc1. The number of aromatic nitrogens is 1. The first-order valence-electron chi connectivity index (χ1n) is 21.1. The van der Waals surface area contributed by atoms with E-state index in [4.69, 9.17) is 4.42 Å². The Morgan fingerprint density at radius 1 is 0.419 bits per heavy atom. The molecule has 13 rings (SSSR count). The van der Waals surface area contributed by atoms with Crippen molar-refractivity contribution in [1.29, 1.82) is 0 Å². The Morgan fingerprint density at radius 2 is 1.06 bits per heavy atom. The van der Waals surface area contributed by atoms with E-state index in [9.17, 15) is 0 Å². The molecule has 62 heavy (non-hydrogen) atoms. The number of furan rings is 1. The monoisotopic (exact) mass is 808 g/mol. The summed E-state index contributed by atoms with van der Waals surface area (Å²) in [4.78, 5) is 3.65. The maximum absolute atomic E-state index is 6.71. The van der Waals surface area contributed by atoms with Crippen molar-refractivity contribution in [3.8, 4) is 27.9 Å². The zero-order valence-corrected chi connectivity index (χ0v) is 34.3. The van der Waals surface area contributed by atoms with Crippen LogP contribution < -0.4 is 4.90 Å². The molecule has 0 unspecified atom stereocenters. The van der Waals surface area contributed by atoms with E-state index >= 15 is 0 Å². The topological polar surface area (TPSA) is 21.3 Å². The molecule has 0 amide bonds. The van der Waals surface area contributed by atoms with Crippen molar-refractivity contribution in [2.24, 2.45) is 0 Å². The number of thiophene rings is 1. The van der Waals surface area contributed by atoms with Crippen LogP contribution in [0.3, 0.4) is 0 Å². The van der Waals surface area contributed by atoms with E-state index in [1.54, 1.807) is 0 Å². The molecular weight excluding hydrogens is 773 g/mol. The van der Waals surface area contributed by atoms with Gasteiger partial charge in [-0.2, -0.15) is 0 Å². The van der Waals surface area contributed by atoms with Crippen molar-refractivity contribution in [1.82, 2.24) is 4.57 Å². The Bertz CT molecular complexity index is 3860. The highest BCUT2D eigenvalue weighted by molar-refractivity contribution is 7.26. The molecule has 0 saturated heterocycles. The third kappa shape index (κ3) is 5.37. The summed E-state index contributed by atoms with van der Waals surface area (Å²) in [7, 11) is 0. The van der Waals surface area contributed by atoms with Crippen LogP contribution in [-0.4, -0.2) is 4.57 Å². The van der Waals surface area contributed by atoms with Crippen molar-refractivity contribution >= 4 is 103 Å². The first-order chi connectivity index (χ1) is 30.7. The number of hydrogen-bond donors (Lipinski definition) is 0. The summed E-state index contributed by atoms with van der Waals surface area (Å²) < 4.78 is 10.4. The Hall–Kier alpha value is -7.92. The lowest BCUT2D eigenvalue weighted by Gasteiger charge is -2.26. The van der Waals surface area contributed by atoms with Gasteiger partial charge in [0.15, 0.2) is 0 Å². The van der Waals surface area contributed by atoms with Crippen LogP contribution in [0.5, 0.6) is 0 Å². The minimum absolute atomic E-state index is 0.867. The van der Waals surface area contributed by atoms with E-state index in [1.165, 1.54) is 75.3 Å². The molecule has 3 aromatic heterocycles. The average molecular weight is 809 g/mol. The van der Waals surface area contributed by atoms with Crippen molar-refractivity contribution < 1.29 is 4.42 Å². The molecule has 3 nitrogen and oxygen atoms in total. The first kappa shape index (κ1) is 34.9. The standard InChI is InChI=1S/C58H36N2OS/c1-2-15-43(16-3-1)60-51-21-9-8-18-48(51)54-50-20-10-19-47(57(50)62-58(54)60)40-28-33-45(34-29-40)59(44-31-26-38(27-32-44)42-25-24-37-12-4-5-14-41(37)36-42)52-22-11-23-53-55(52)49-35-30-39-13-6-7-17-46(39)56(49)61-53/h1-36H. The fourth-order valence-electron chi connectivity index (χ4n) is 9.69. The van der Waals surface area contributed by atoms with Gasteiger partial charge in [-0.05, 0) is 105 Å². The molecule has 0 atom stereocenters. The van der Waals surface area contributed by atoms with E-state index in [1.807, 2.05) is 11.3 Å². The van der Waals surface area contributed by atoms with E-state index in [2.05, 4.69) is 228 Å². The van der Waals surface area contributed by atoms with Gasteiger partial charge in [-0.1, -0.05) is 152 Å². The van der Waals surface area contributed by atoms with Crippen LogP contribution in [-0.2, 0) is 0 Å². The molecule has 0 spiro atoms. The lowest BCUT2D eigenvalue weighted by Crippen LogP contribution is -2.10. The summed E-state index contributed by atoms with van der Waals surface area (Å²) >= 11 is 1.88. The average Bonchev–Trinajstić information content (AvgIpc) is 4.02. The Kier molecular flexibility index (Phi) is 7.78. The highest BCUT2D eigenvalue weighted by atomic mass is 32.1. The second kappa shape index (κ2) is 13.8. The van der Waals surface area contributed by atoms with Crippen molar-refractivity contribution in [2.45, 2.75) is 0 Å². The molecule has 3 heterocycles. The Labute approximate surface area is 361 Å². The smallest absolute Gasteiger partial charge is 0.143 e. The number of hydrogen-bond acceptors (Lipinski definition) is 3. The lowest BCUT2D eigenvalue weighted by atomic mass is 10.00. The van der Waals surface area contributed by atoms with E-state index in [0.29, 0.717) is 0 Å². The van der Waals surface area contributed by atoms with Gasteiger partial charge >= 0.3 is 0 Å². The van der Waals surface area contributed by atoms with E-state index in [0.717, 1.165) is 44.4 Å². The van der Waals surface area contributed by atoms with Crippen molar-refractivity contribution in [3.63, 3.8) is 0 Å². The van der Waals surface area contributed by atoms with E-state index < -0.39 is 0 Å². The van der Waals surface area contributed by atoms with Crippen LogP contribution in [0.25, 0.3) is 103 Å². The van der Waals surface area contributed by atoms with Gasteiger partial charge in [-0.3, -0.25) is 0 Å². The summed E-state index contributed by atoms with van der Waals surface area (Å²) in [6.45, 7) is 0. The number of benzene rings is 10. The highest BCUT2D eigenvalue weighted by Gasteiger charge is 2.22.